The van der Waals surface area contributed by atoms with Crippen LogP contribution in [0.3, 0.4) is 0 Å². The molecular formula is C17H14N2O5. The minimum atomic E-state index is -1.30. The van der Waals surface area contributed by atoms with Crippen molar-refractivity contribution in [3.05, 3.63) is 59.5 Å². The van der Waals surface area contributed by atoms with E-state index in [0.29, 0.717) is 11.1 Å². The molecule has 0 bridgehead atoms. The van der Waals surface area contributed by atoms with E-state index < -0.39 is 12.1 Å². The molecule has 0 aliphatic carbocycles. The third-order valence-electron chi connectivity index (χ3n) is 3.33. The summed E-state index contributed by atoms with van der Waals surface area (Å²) in [6, 6.07) is 12.5. The van der Waals surface area contributed by atoms with Gasteiger partial charge in [0.25, 0.3) is 0 Å². The second kappa shape index (κ2) is 6.41. The van der Waals surface area contributed by atoms with Crippen LogP contribution in [0, 0.1) is 6.92 Å². The number of carbonyl (C=O) groups is 2. The Kier molecular flexibility index (Phi) is 4.15. The molecule has 1 amide bonds. The van der Waals surface area contributed by atoms with Crippen molar-refractivity contribution in [1.82, 2.24) is 4.98 Å². The lowest BCUT2D eigenvalue weighted by Crippen LogP contribution is -2.15. The zero-order valence-corrected chi connectivity index (χ0v) is 12.8. The van der Waals surface area contributed by atoms with Gasteiger partial charge in [0.1, 0.15) is 12.3 Å². The van der Waals surface area contributed by atoms with Crippen molar-refractivity contribution in [3.8, 4) is 0 Å². The van der Waals surface area contributed by atoms with Crippen molar-refractivity contribution in [1.29, 1.82) is 0 Å². The number of rotatable bonds is 4. The normalized spacial score (nSPS) is 10.5. The number of carboxylic acid groups (broad SMARTS) is 1. The molecule has 3 aromatic rings. The van der Waals surface area contributed by atoms with Crippen molar-refractivity contribution in [2.45, 2.75) is 13.5 Å². The van der Waals surface area contributed by atoms with Gasteiger partial charge in [-0.15, -0.1) is 0 Å². The Morgan fingerprint density at radius 1 is 1.21 bits per heavy atom. The topological polar surface area (TPSA) is 102 Å². The Morgan fingerprint density at radius 3 is 2.67 bits per heavy atom. The molecule has 0 saturated heterocycles. The third-order valence-corrected chi connectivity index (χ3v) is 3.33. The molecule has 0 atom stereocenters. The second-order valence-electron chi connectivity index (χ2n) is 5.10. The number of carboxylic acids is 1. The molecule has 0 saturated carbocycles. The lowest BCUT2D eigenvalue weighted by Gasteiger charge is -2.06. The summed E-state index contributed by atoms with van der Waals surface area (Å²) in [4.78, 5) is 27.4. The molecule has 0 aliphatic heterocycles. The van der Waals surface area contributed by atoms with Crippen LogP contribution in [0.2, 0.25) is 0 Å². The standard InChI is InChI=1S/C17H14N2O5/c1-10-7-8-12-13(14(16(20)21)24-15(12)18-10)19-17(22)23-9-11-5-3-2-4-6-11/h2-8H,9H2,1H3,(H,19,22)(H,20,21). The highest BCUT2D eigenvalue weighted by Gasteiger charge is 2.23. The number of pyridine rings is 1. The smallest absolute Gasteiger partial charge is 0.412 e. The maximum atomic E-state index is 12.0. The van der Waals surface area contributed by atoms with Crippen LogP contribution >= 0.6 is 0 Å². The molecule has 0 radical (unpaired) electrons. The fraction of sp³-hybridized carbons (Fsp3) is 0.118. The number of hydrogen-bond acceptors (Lipinski definition) is 5. The molecule has 1 aromatic carbocycles. The van der Waals surface area contributed by atoms with Gasteiger partial charge in [-0.3, -0.25) is 5.32 Å². The van der Waals surface area contributed by atoms with Crippen LogP contribution in [0.5, 0.6) is 0 Å². The number of fused-ring (bicyclic) bond motifs is 1. The van der Waals surface area contributed by atoms with E-state index in [4.69, 9.17) is 9.15 Å². The molecule has 7 nitrogen and oxygen atoms in total. The lowest BCUT2D eigenvalue weighted by atomic mass is 10.2. The summed E-state index contributed by atoms with van der Waals surface area (Å²) in [6.07, 6.45) is -0.773. The second-order valence-corrected chi connectivity index (χ2v) is 5.10. The van der Waals surface area contributed by atoms with Crippen LogP contribution in [-0.4, -0.2) is 22.2 Å². The summed E-state index contributed by atoms with van der Waals surface area (Å²) in [5, 5.41) is 12.1. The quantitative estimate of drug-likeness (QED) is 0.760. The maximum absolute atomic E-state index is 12.0. The van der Waals surface area contributed by atoms with Gasteiger partial charge in [0.2, 0.25) is 11.5 Å². The lowest BCUT2D eigenvalue weighted by molar-refractivity contribution is 0.0666. The molecular weight excluding hydrogens is 312 g/mol. The highest BCUT2D eigenvalue weighted by Crippen LogP contribution is 2.30. The zero-order chi connectivity index (χ0) is 17.1. The van der Waals surface area contributed by atoms with Gasteiger partial charge in [-0.1, -0.05) is 30.3 Å². The highest BCUT2D eigenvalue weighted by molar-refractivity contribution is 6.07. The predicted octanol–water partition coefficient (Wildman–Crippen LogP) is 3.58. The Balaban J connectivity index is 1.82. The van der Waals surface area contributed by atoms with E-state index in [9.17, 15) is 14.7 Å². The molecule has 2 aromatic heterocycles. The van der Waals surface area contributed by atoms with Crippen LogP contribution in [0.15, 0.2) is 46.9 Å². The highest BCUT2D eigenvalue weighted by atomic mass is 16.5. The first-order valence-corrected chi connectivity index (χ1v) is 7.16. The van der Waals surface area contributed by atoms with Gasteiger partial charge in [0.15, 0.2) is 0 Å². The Morgan fingerprint density at radius 2 is 1.96 bits per heavy atom. The molecule has 0 unspecified atom stereocenters. The van der Waals surface area contributed by atoms with E-state index in [2.05, 4.69) is 10.3 Å². The number of anilines is 1. The molecule has 7 heteroatoms. The predicted molar refractivity (Wildman–Crippen MR) is 86.0 cm³/mol. The van der Waals surface area contributed by atoms with Crippen LogP contribution in [0.4, 0.5) is 10.5 Å². The number of aromatic nitrogens is 1. The minimum Gasteiger partial charge on any atom is -0.475 e. The number of amides is 1. The van der Waals surface area contributed by atoms with Gasteiger partial charge >= 0.3 is 12.1 Å². The van der Waals surface area contributed by atoms with Gasteiger partial charge in [0.05, 0.1) is 5.39 Å². The van der Waals surface area contributed by atoms with Gasteiger partial charge in [0, 0.05) is 5.69 Å². The van der Waals surface area contributed by atoms with E-state index in [1.54, 1.807) is 19.1 Å². The third kappa shape index (κ3) is 3.19. The molecule has 0 aliphatic rings. The van der Waals surface area contributed by atoms with Crippen molar-refractivity contribution in [2.75, 3.05) is 5.32 Å². The molecule has 122 valence electrons. The number of ether oxygens (including phenoxy) is 1. The Hall–Kier alpha value is -3.35. The SMILES string of the molecule is Cc1ccc2c(NC(=O)OCc3ccccc3)c(C(=O)O)oc2n1. The average Bonchev–Trinajstić information content (AvgIpc) is 2.92. The fourth-order valence-electron chi connectivity index (χ4n) is 2.21. The van der Waals surface area contributed by atoms with E-state index in [-0.39, 0.29) is 23.8 Å². The van der Waals surface area contributed by atoms with Crippen molar-refractivity contribution in [2.24, 2.45) is 0 Å². The fourth-order valence-corrected chi connectivity index (χ4v) is 2.21. The summed E-state index contributed by atoms with van der Waals surface area (Å²) in [7, 11) is 0. The largest absolute Gasteiger partial charge is 0.475 e. The summed E-state index contributed by atoms with van der Waals surface area (Å²) < 4.78 is 10.3. The summed E-state index contributed by atoms with van der Waals surface area (Å²) in [5.74, 6) is -1.69. The number of carbonyl (C=O) groups excluding carboxylic acids is 1. The van der Waals surface area contributed by atoms with Gasteiger partial charge in [-0.05, 0) is 24.6 Å². The number of nitrogens with one attached hydrogen (secondary N) is 1. The molecule has 3 rings (SSSR count). The van der Waals surface area contributed by atoms with Crippen LogP contribution in [0.1, 0.15) is 21.8 Å². The number of nitrogens with zero attached hydrogens (tertiary/aromatic N) is 1. The summed E-state index contributed by atoms with van der Waals surface area (Å²) >= 11 is 0. The maximum Gasteiger partial charge on any atom is 0.412 e. The average molecular weight is 326 g/mol. The van der Waals surface area contributed by atoms with Crippen LogP contribution < -0.4 is 5.32 Å². The van der Waals surface area contributed by atoms with E-state index in [1.807, 2.05) is 30.3 Å². The number of furan rings is 1. The van der Waals surface area contributed by atoms with E-state index >= 15 is 0 Å². The number of aromatic carboxylic acids is 1. The van der Waals surface area contributed by atoms with Crippen molar-refractivity contribution < 1.29 is 23.8 Å². The first-order chi connectivity index (χ1) is 11.5. The zero-order valence-electron chi connectivity index (χ0n) is 12.8. The van der Waals surface area contributed by atoms with Gasteiger partial charge in [-0.25, -0.2) is 14.6 Å². The molecule has 0 spiro atoms. The van der Waals surface area contributed by atoms with Gasteiger partial charge < -0.3 is 14.3 Å². The van der Waals surface area contributed by atoms with Crippen molar-refractivity contribution in [3.63, 3.8) is 0 Å². The number of benzene rings is 1. The molecule has 0 fully saturated rings. The monoisotopic (exact) mass is 326 g/mol. The van der Waals surface area contributed by atoms with Crippen LogP contribution in [-0.2, 0) is 11.3 Å². The summed E-state index contributed by atoms with van der Waals surface area (Å²) in [5.41, 5.74) is 1.67. The molecule has 2 heterocycles. The Labute approximate surface area is 136 Å². The van der Waals surface area contributed by atoms with E-state index in [0.717, 1.165) is 5.56 Å². The Bertz CT molecular complexity index is 902. The number of hydrogen-bond donors (Lipinski definition) is 2. The molecule has 2 N–H and O–H groups in total. The first-order valence-electron chi connectivity index (χ1n) is 7.16. The van der Waals surface area contributed by atoms with E-state index in [1.165, 1.54) is 0 Å². The van der Waals surface area contributed by atoms with Crippen LogP contribution in [0.25, 0.3) is 11.1 Å². The number of aryl methyl sites for hydroxylation is 1. The first kappa shape index (κ1) is 15.5. The molecule has 24 heavy (non-hydrogen) atoms. The minimum absolute atomic E-state index is 0.0306. The van der Waals surface area contributed by atoms with Gasteiger partial charge in [-0.2, -0.15) is 0 Å². The van der Waals surface area contributed by atoms with Crippen molar-refractivity contribution >= 4 is 28.8 Å². The summed E-state index contributed by atoms with van der Waals surface area (Å²) in [6.45, 7) is 1.83.